The summed E-state index contributed by atoms with van der Waals surface area (Å²) in [5.41, 5.74) is 0. The lowest BCUT2D eigenvalue weighted by atomic mass is 11.4. The van der Waals surface area contributed by atoms with Crippen molar-refractivity contribution in [2.24, 2.45) is 5.16 Å². The monoisotopic (exact) mass is 232 g/mol. The molecule has 1 aliphatic rings. The van der Waals surface area contributed by atoms with Gasteiger partial charge in [0.05, 0.1) is 0 Å². The van der Waals surface area contributed by atoms with E-state index >= 15 is 0 Å². The van der Waals surface area contributed by atoms with Crippen LogP contribution in [0.15, 0.2) is 5.16 Å². The van der Waals surface area contributed by atoms with Crippen molar-refractivity contribution in [3.8, 4) is 0 Å². The van der Waals surface area contributed by atoms with Crippen LogP contribution in [0.3, 0.4) is 0 Å². The topological polar surface area (TPSA) is 50.7 Å². The van der Waals surface area contributed by atoms with E-state index in [0.717, 1.165) is 0 Å². The predicted molar refractivity (Wildman–Crippen MR) is 33.8 cm³/mol. The average Bonchev–Trinajstić information content (AvgIpc) is 1.87. The van der Waals surface area contributed by atoms with E-state index in [4.69, 9.17) is 0 Å². The molecule has 0 bridgehead atoms. The van der Waals surface area contributed by atoms with Crippen LogP contribution in [-0.2, 0) is 15.6 Å². The van der Waals surface area contributed by atoms with Gasteiger partial charge in [-0.15, -0.1) is 0 Å². The molecule has 1 heterocycles. The highest BCUT2D eigenvalue weighted by Crippen LogP contribution is 1.98. The van der Waals surface area contributed by atoms with Crippen LogP contribution in [0.25, 0.3) is 0 Å². The smallest absolute Gasteiger partial charge is 0.268 e. The Labute approximate surface area is 56.2 Å². The van der Waals surface area contributed by atoms with Gasteiger partial charge in [-0.25, -0.2) is 4.72 Å². The van der Waals surface area contributed by atoms with Crippen molar-refractivity contribution in [2.45, 2.75) is 0 Å². The Kier molecular flexibility index (Phi) is 1.47. The minimum Gasteiger partial charge on any atom is -0.268 e. The van der Waals surface area contributed by atoms with Gasteiger partial charge in [0.25, 0.3) is 0 Å². The Morgan fingerprint density at radius 2 is 2.71 bits per heavy atom. The van der Waals surface area contributed by atoms with E-state index in [-0.39, 0.29) is 0 Å². The molecule has 0 fully saturated rings. The molecule has 1 atom stereocenters. The molecule has 0 amide bonds. The van der Waals surface area contributed by atoms with Crippen LogP contribution in [0.4, 0.5) is 0 Å². The third-order valence-corrected chi connectivity index (χ3v) is 1.76. The predicted octanol–water partition coefficient (Wildman–Crippen LogP) is -0.109. The number of nitrogens with zero attached hydrogens (tertiary/aromatic N) is 1. The quantitative estimate of drug-likeness (QED) is 0.468. The van der Waals surface area contributed by atoms with Gasteiger partial charge < -0.3 is 0 Å². The minimum absolute atomic E-state index is 0.524. The van der Waals surface area contributed by atoms with Gasteiger partial charge in [-0.1, -0.05) is 0 Å². The second kappa shape index (κ2) is 1.95. The van der Waals surface area contributed by atoms with Crippen molar-refractivity contribution in [1.29, 1.82) is 0 Å². The number of rotatable bonds is 0. The molecule has 0 aromatic carbocycles. The first-order valence-electron chi connectivity index (χ1n) is 1.38. The normalized spacial score (nSPS) is 28.1. The molecule has 40 valence electrons. The average molecular weight is 232 g/mol. The summed E-state index contributed by atoms with van der Waals surface area (Å²) in [5.74, 6) is 0. The lowest BCUT2D eigenvalue weighted by molar-refractivity contribution is 0.386. The van der Waals surface area contributed by atoms with E-state index in [0.29, 0.717) is 3.84 Å². The Morgan fingerprint density at radius 1 is 2.00 bits per heavy atom. The standard InChI is InChI=1S/CHIN2O2S/c2-1-3-6-7(5)4-1/h(H,3,4). The summed E-state index contributed by atoms with van der Waals surface area (Å²) in [5, 5.41) is 3.31. The van der Waals surface area contributed by atoms with Crippen LogP contribution in [-0.4, -0.2) is 8.05 Å². The molecule has 6 heteroatoms. The van der Waals surface area contributed by atoms with Gasteiger partial charge in [-0.05, 0) is 5.16 Å². The number of hydrogen-bond donors (Lipinski definition) is 1. The molecule has 7 heavy (non-hydrogen) atoms. The fourth-order valence-corrected chi connectivity index (χ4v) is 1.30. The van der Waals surface area contributed by atoms with Crippen LogP contribution in [0, 0.1) is 0 Å². The molecule has 0 aliphatic carbocycles. The molecule has 1 rings (SSSR count). The van der Waals surface area contributed by atoms with E-state index < -0.39 is 11.3 Å². The Balaban J connectivity index is 2.58. The van der Waals surface area contributed by atoms with Crippen LogP contribution < -0.4 is 4.72 Å². The summed E-state index contributed by atoms with van der Waals surface area (Å²) < 4.78 is 17.2. The number of hydrogen-bond acceptors (Lipinski definition) is 3. The Morgan fingerprint density at radius 3 is 2.86 bits per heavy atom. The molecule has 0 saturated carbocycles. The van der Waals surface area contributed by atoms with Gasteiger partial charge in [-0.3, -0.25) is 4.28 Å². The number of halogens is 1. The van der Waals surface area contributed by atoms with Crippen molar-refractivity contribution in [2.75, 3.05) is 0 Å². The number of oxime groups is 1. The maximum absolute atomic E-state index is 10.1. The summed E-state index contributed by atoms with van der Waals surface area (Å²) in [6, 6.07) is 0. The van der Waals surface area contributed by atoms with Crippen molar-refractivity contribution < 1.29 is 8.49 Å². The number of nitrogens with one attached hydrogen (secondary N) is 1. The van der Waals surface area contributed by atoms with Gasteiger partial charge in [0.2, 0.25) is 3.84 Å². The van der Waals surface area contributed by atoms with Crippen LogP contribution in [0.2, 0.25) is 0 Å². The van der Waals surface area contributed by atoms with E-state index in [1.807, 2.05) is 22.6 Å². The highest BCUT2D eigenvalue weighted by Gasteiger charge is 2.08. The second-order valence-corrected chi connectivity index (χ2v) is 2.64. The molecule has 1 N–H and O–H groups in total. The van der Waals surface area contributed by atoms with E-state index in [1.165, 1.54) is 0 Å². The van der Waals surface area contributed by atoms with Gasteiger partial charge in [0.1, 0.15) is 0 Å². The first kappa shape index (κ1) is 5.29. The Hall–Kier alpha value is 0.150. The maximum atomic E-state index is 10.1. The zero-order chi connectivity index (χ0) is 5.28. The third-order valence-electron chi connectivity index (χ3n) is 0.353. The van der Waals surface area contributed by atoms with Crippen molar-refractivity contribution in [3.05, 3.63) is 0 Å². The highest BCUT2D eigenvalue weighted by atomic mass is 127. The maximum Gasteiger partial charge on any atom is 0.339 e. The van der Waals surface area contributed by atoms with Crippen molar-refractivity contribution in [1.82, 2.24) is 4.72 Å². The molecule has 4 nitrogen and oxygen atoms in total. The molecule has 0 saturated heterocycles. The molecule has 0 aromatic heterocycles. The summed E-state index contributed by atoms with van der Waals surface area (Å²) in [4.78, 5) is 0. The van der Waals surface area contributed by atoms with Crippen LogP contribution >= 0.6 is 22.6 Å². The summed E-state index contributed by atoms with van der Waals surface area (Å²) >= 11 is 0.454. The van der Waals surface area contributed by atoms with E-state index in [1.54, 1.807) is 0 Å². The summed E-state index contributed by atoms with van der Waals surface area (Å²) in [6.07, 6.45) is 0. The zero-order valence-corrected chi connectivity index (χ0v) is 6.02. The van der Waals surface area contributed by atoms with E-state index in [9.17, 15) is 4.21 Å². The lowest BCUT2D eigenvalue weighted by Crippen LogP contribution is -2.12. The van der Waals surface area contributed by atoms with Crippen LogP contribution in [0.5, 0.6) is 0 Å². The molecule has 0 aromatic rings. The number of amidine groups is 1. The molecule has 1 aliphatic heterocycles. The second-order valence-electron chi connectivity index (χ2n) is 0.793. The highest BCUT2D eigenvalue weighted by molar-refractivity contribution is 14.1. The van der Waals surface area contributed by atoms with Crippen molar-refractivity contribution >= 4 is 37.7 Å². The third kappa shape index (κ3) is 1.27. The van der Waals surface area contributed by atoms with Gasteiger partial charge in [0, 0.05) is 22.6 Å². The molecular formula is CHIN2O2S. The fraction of sp³-hybridized carbons (Fsp3) is 0. The SMILES string of the molecule is O=S1NC(I)=NO1. The van der Waals surface area contributed by atoms with Crippen LogP contribution in [0.1, 0.15) is 0 Å². The molecule has 1 unspecified atom stereocenters. The van der Waals surface area contributed by atoms with Gasteiger partial charge >= 0.3 is 11.3 Å². The van der Waals surface area contributed by atoms with Gasteiger partial charge in [0.15, 0.2) is 0 Å². The first-order valence-corrected chi connectivity index (χ1v) is 3.54. The van der Waals surface area contributed by atoms with Crippen molar-refractivity contribution in [3.63, 3.8) is 0 Å². The summed E-state index contributed by atoms with van der Waals surface area (Å²) in [7, 11) is 0. The Bertz CT molecular complexity index is 134. The van der Waals surface area contributed by atoms with Gasteiger partial charge in [-0.2, -0.15) is 4.21 Å². The minimum atomic E-state index is -1.41. The molecular weight excluding hydrogens is 231 g/mol. The molecule has 0 radical (unpaired) electrons. The fourth-order valence-electron chi connectivity index (χ4n) is 0.173. The summed E-state index contributed by atoms with van der Waals surface area (Å²) in [6.45, 7) is 0. The largest absolute Gasteiger partial charge is 0.339 e. The zero-order valence-electron chi connectivity index (χ0n) is 3.05. The van der Waals surface area contributed by atoms with E-state index in [2.05, 4.69) is 14.2 Å². The lowest BCUT2D eigenvalue weighted by Gasteiger charge is -1.80. The first-order chi connectivity index (χ1) is 3.29. The molecule has 0 spiro atoms.